The first kappa shape index (κ1) is 16.0. The maximum Gasteiger partial charge on any atom is 0.137 e. The van der Waals surface area contributed by atoms with E-state index in [9.17, 15) is 5.11 Å². The molecular formula is C17H20BrNO2. The second kappa shape index (κ2) is 7.07. The second-order valence-electron chi connectivity index (χ2n) is 5.18. The molecule has 0 bridgehead atoms. The maximum absolute atomic E-state index is 10.5. The number of halogens is 1. The minimum Gasteiger partial charge on any atom is -0.495 e. The molecule has 0 aliphatic carbocycles. The van der Waals surface area contributed by atoms with Gasteiger partial charge in [-0.25, -0.2) is 0 Å². The highest BCUT2D eigenvalue weighted by Crippen LogP contribution is 2.28. The van der Waals surface area contributed by atoms with Crippen LogP contribution in [0.1, 0.15) is 18.1 Å². The molecule has 0 heterocycles. The van der Waals surface area contributed by atoms with Crippen molar-refractivity contribution in [2.75, 3.05) is 13.7 Å². The number of hydrogen-bond acceptors (Lipinski definition) is 3. The van der Waals surface area contributed by atoms with Crippen molar-refractivity contribution < 1.29 is 9.84 Å². The Labute approximate surface area is 134 Å². The minimum atomic E-state index is -0.902. The minimum absolute atomic E-state index is 0.465. The zero-order valence-electron chi connectivity index (χ0n) is 12.3. The number of para-hydroxylation sites is 1. The average molecular weight is 350 g/mol. The van der Waals surface area contributed by atoms with Crippen molar-refractivity contribution in [2.24, 2.45) is 0 Å². The van der Waals surface area contributed by atoms with E-state index in [0.29, 0.717) is 13.1 Å². The molecule has 4 heteroatoms. The summed E-state index contributed by atoms with van der Waals surface area (Å²) in [4.78, 5) is 0. The van der Waals surface area contributed by atoms with Crippen molar-refractivity contribution in [2.45, 2.75) is 19.1 Å². The summed E-state index contributed by atoms with van der Waals surface area (Å²) < 4.78 is 6.32. The Morgan fingerprint density at radius 3 is 2.52 bits per heavy atom. The lowest BCUT2D eigenvalue weighted by Gasteiger charge is -2.24. The Bertz CT molecular complexity index is 585. The van der Waals surface area contributed by atoms with Crippen molar-refractivity contribution >= 4 is 15.9 Å². The van der Waals surface area contributed by atoms with Crippen LogP contribution < -0.4 is 10.1 Å². The highest BCUT2D eigenvalue weighted by Gasteiger charge is 2.22. The van der Waals surface area contributed by atoms with Gasteiger partial charge in [0.2, 0.25) is 0 Å². The average Bonchev–Trinajstić information content (AvgIpc) is 2.48. The van der Waals surface area contributed by atoms with Gasteiger partial charge in [-0.15, -0.1) is 0 Å². The lowest BCUT2D eigenvalue weighted by molar-refractivity contribution is 0.0566. The topological polar surface area (TPSA) is 41.5 Å². The van der Waals surface area contributed by atoms with Gasteiger partial charge in [-0.1, -0.05) is 42.5 Å². The predicted octanol–water partition coefficient (Wildman–Crippen LogP) is 3.46. The molecule has 0 aromatic heterocycles. The number of benzene rings is 2. The molecule has 112 valence electrons. The third-order valence-corrected chi connectivity index (χ3v) is 4.06. The van der Waals surface area contributed by atoms with Crippen molar-refractivity contribution in [3.8, 4) is 5.75 Å². The van der Waals surface area contributed by atoms with Crippen LogP contribution in [0.4, 0.5) is 0 Å². The molecule has 2 aromatic rings. The molecule has 2 aromatic carbocycles. The largest absolute Gasteiger partial charge is 0.495 e. The second-order valence-corrected chi connectivity index (χ2v) is 6.03. The fourth-order valence-corrected chi connectivity index (χ4v) is 2.83. The smallest absolute Gasteiger partial charge is 0.137 e. The molecule has 2 N–H and O–H groups in total. The Kier molecular flexibility index (Phi) is 5.39. The lowest BCUT2D eigenvalue weighted by atomic mass is 9.96. The van der Waals surface area contributed by atoms with Crippen LogP contribution >= 0.6 is 15.9 Å². The summed E-state index contributed by atoms with van der Waals surface area (Å²) in [5, 5.41) is 13.8. The summed E-state index contributed by atoms with van der Waals surface area (Å²) in [5.74, 6) is 0.823. The first-order chi connectivity index (χ1) is 10.0. The molecule has 0 radical (unpaired) electrons. The quantitative estimate of drug-likeness (QED) is 0.839. The Morgan fingerprint density at radius 2 is 1.86 bits per heavy atom. The molecular weight excluding hydrogens is 330 g/mol. The molecule has 21 heavy (non-hydrogen) atoms. The van der Waals surface area contributed by atoms with Gasteiger partial charge in [0.25, 0.3) is 0 Å². The van der Waals surface area contributed by atoms with Crippen LogP contribution in [0.5, 0.6) is 5.75 Å². The molecule has 0 fully saturated rings. The predicted molar refractivity (Wildman–Crippen MR) is 88.4 cm³/mol. The van der Waals surface area contributed by atoms with Crippen LogP contribution in [0.2, 0.25) is 0 Å². The van der Waals surface area contributed by atoms with Crippen LogP contribution in [0.15, 0.2) is 53.0 Å². The van der Waals surface area contributed by atoms with Gasteiger partial charge in [0, 0.05) is 18.7 Å². The van der Waals surface area contributed by atoms with Crippen LogP contribution in [0.3, 0.4) is 0 Å². The maximum atomic E-state index is 10.5. The van der Waals surface area contributed by atoms with E-state index in [4.69, 9.17) is 4.74 Å². The van der Waals surface area contributed by atoms with Crippen molar-refractivity contribution in [3.63, 3.8) is 0 Å². The highest BCUT2D eigenvalue weighted by atomic mass is 79.9. The van der Waals surface area contributed by atoms with E-state index >= 15 is 0 Å². The third kappa shape index (κ3) is 4.06. The van der Waals surface area contributed by atoms with Gasteiger partial charge in [0.05, 0.1) is 17.2 Å². The molecule has 1 unspecified atom stereocenters. The molecule has 0 saturated carbocycles. The van der Waals surface area contributed by atoms with E-state index in [1.165, 1.54) is 0 Å². The number of methoxy groups -OCH3 is 1. The van der Waals surface area contributed by atoms with Crippen molar-refractivity contribution in [1.82, 2.24) is 5.32 Å². The Morgan fingerprint density at radius 1 is 1.14 bits per heavy atom. The summed E-state index contributed by atoms with van der Waals surface area (Å²) in [6.07, 6.45) is 0. The van der Waals surface area contributed by atoms with E-state index in [-0.39, 0.29) is 0 Å². The SMILES string of the molecule is COc1c(Br)cccc1CNCC(C)(O)c1ccccc1. The van der Waals surface area contributed by atoms with E-state index in [2.05, 4.69) is 21.2 Å². The molecule has 0 saturated heterocycles. The van der Waals surface area contributed by atoms with Crippen LogP contribution in [-0.2, 0) is 12.1 Å². The van der Waals surface area contributed by atoms with Crippen LogP contribution in [-0.4, -0.2) is 18.8 Å². The number of rotatable bonds is 6. The third-order valence-electron chi connectivity index (χ3n) is 3.43. The summed E-state index contributed by atoms with van der Waals surface area (Å²) in [6.45, 7) is 2.91. The summed E-state index contributed by atoms with van der Waals surface area (Å²) in [6, 6.07) is 15.6. The number of nitrogens with one attached hydrogen (secondary N) is 1. The summed E-state index contributed by atoms with van der Waals surface area (Å²) >= 11 is 3.47. The molecule has 0 amide bonds. The van der Waals surface area contributed by atoms with Gasteiger partial charge >= 0.3 is 0 Å². The first-order valence-corrected chi connectivity index (χ1v) is 7.64. The lowest BCUT2D eigenvalue weighted by Crippen LogP contribution is -2.35. The monoisotopic (exact) mass is 349 g/mol. The van der Waals surface area contributed by atoms with Gasteiger partial charge in [0.1, 0.15) is 5.75 Å². The zero-order chi connectivity index (χ0) is 15.3. The van der Waals surface area contributed by atoms with E-state index in [0.717, 1.165) is 21.3 Å². The molecule has 3 nitrogen and oxygen atoms in total. The highest BCUT2D eigenvalue weighted by molar-refractivity contribution is 9.10. The molecule has 0 spiro atoms. The first-order valence-electron chi connectivity index (χ1n) is 6.84. The molecule has 2 rings (SSSR count). The summed E-state index contributed by atoms with van der Waals surface area (Å²) in [7, 11) is 1.66. The van der Waals surface area contributed by atoms with Crippen LogP contribution in [0.25, 0.3) is 0 Å². The molecule has 1 atom stereocenters. The van der Waals surface area contributed by atoms with E-state index in [1.807, 2.05) is 55.5 Å². The van der Waals surface area contributed by atoms with Gasteiger partial charge in [-0.3, -0.25) is 0 Å². The fourth-order valence-electron chi connectivity index (χ4n) is 2.26. The number of aliphatic hydroxyl groups is 1. The molecule has 0 aliphatic rings. The van der Waals surface area contributed by atoms with E-state index < -0.39 is 5.60 Å². The zero-order valence-corrected chi connectivity index (χ0v) is 13.9. The normalized spacial score (nSPS) is 13.7. The number of ether oxygens (including phenoxy) is 1. The standard InChI is InChI=1S/C17H20BrNO2/c1-17(20,14-8-4-3-5-9-14)12-19-11-13-7-6-10-15(18)16(13)21-2/h3-10,19-20H,11-12H2,1-2H3. The fraction of sp³-hybridized carbons (Fsp3) is 0.294. The van der Waals surface area contributed by atoms with Gasteiger partial charge in [0.15, 0.2) is 0 Å². The van der Waals surface area contributed by atoms with E-state index in [1.54, 1.807) is 7.11 Å². The van der Waals surface area contributed by atoms with Gasteiger partial charge < -0.3 is 15.2 Å². The van der Waals surface area contributed by atoms with Crippen molar-refractivity contribution in [1.29, 1.82) is 0 Å². The van der Waals surface area contributed by atoms with Gasteiger partial charge in [-0.2, -0.15) is 0 Å². The number of hydrogen-bond donors (Lipinski definition) is 2. The Hall–Kier alpha value is -1.36. The summed E-state index contributed by atoms with van der Waals surface area (Å²) in [5.41, 5.74) is 1.05. The Balaban J connectivity index is 2.00. The van der Waals surface area contributed by atoms with Crippen LogP contribution in [0, 0.1) is 0 Å². The molecule has 0 aliphatic heterocycles. The van der Waals surface area contributed by atoms with Gasteiger partial charge in [-0.05, 0) is 34.5 Å². The van der Waals surface area contributed by atoms with Crippen molar-refractivity contribution in [3.05, 3.63) is 64.1 Å².